The van der Waals surface area contributed by atoms with Crippen molar-refractivity contribution in [1.82, 2.24) is 0 Å². The van der Waals surface area contributed by atoms with Crippen molar-refractivity contribution in [3.8, 4) is 0 Å². The molecular weight excluding hydrogens is 319 g/mol. The van der Waals surface area contributed by atoms with Crippen molar-refractivity contribution in [1.29, 1.82) is 0 Å². The Bertz CT molecular complexity index is 565. The van der Waals surface area contributed by atoms with Gasteiger partial charge in [0.05, 0.1) is 5.92 Å². The molecule has 0 radical (unpaired) electrons. The summed E-state index contributed by atoms with van der Waals surface area (Å²) >= 11 is 0. The summed E-state index contributed by atoms with van der Waals surface area (Å²) in [4.78, 5) is 0. The molecule has 8 heteroatoms. The standard InChI is InChI=1S/C15H17F5N2O/c16-12-6-5-11(8-13(12)17)21-14(22-23)7-9-1-3-10(4-2-9)15(18,19)20/h5-6,8-10,23H,1-4,7H2,(H,21,22). The van der Waals surface area contributed by atoms with Gasteiger partial charge in [-0.15, -0.1) is 0 Å². The van der Waals surface area contributed by atoms with Crippen LogP contribution in [0.1, 0.15) is 32.1 Å². The molecule has 1 aliphatic carbocycles. The lowest BCUT2D eigenvalue weighted by Gasteiger charge is -2.29. The summed E-state index contributed by atoms with van der Waals surface area (Å²) in [6, 6.07) is 3.13. The van der Waals surface area contributed by atoms with Crippen LogP contribution in [0.25, 0.3) is 0 Å². The largest absolute Gasteiger partial charge is 0.409 e. The van der Waals surface area contributed by atoms with Gasteiger partial charge in [-0.25, -0.2) is 8.78 Å². The highest BCUT2D eigenvalue weighted by molar-refractivity contribution is 5.95. The predicted molar refractivity (Wildman–Crippen MR) is 75.3 cm³/mol. The number of rotatable bonds is 3. The minimum atomic E-state index is -4.16. The highest BCUT2D eigenvalue weighted by atomic mass is 19.4. The molecule has 1 aliphatic rings. The summed E-state index contributed by atoms with van der Waals surface area (Å²) in [5.41, 5.74) is 0.209. The summed E-state index contributed by atoms with van der Waals surface area (Å²) in [5.74, 6) is -3.24. The Labute approximate surface area is 130 Å². The lowest BCUT2D eigenvalue weighted by atomic mass is 9.80. The normalized spacial score (nSPS) is 22.9. The molecule has 0 aliphatic heterocycles. The molecule has 0 spiro atoms. The van der Waals surface area contributed by atoms with E-state index in [9.17, 15) is 22.0 Å². The highest BCUT2D eigenvalue weighted by Gasteiger charge is 2.41. The number of halogens is 5. The van der Waals surface area contributed by atoms with Crippen LogP contribution >= 0.6 is 0 Å². The summed E-state index contributed by atoms with van der Waals surface area (Å²) in [7, 11) is 0. The molecule has 23 heavy (non-hydrogen) atoms. The zero-order valence-electron chi connectivity index (χ0n) is 12.2. The molecule has 3 nitrogen and oxygen atoms in total. The van der Waals surface area contributed by atoms with Crippen molar-refractivity contribution >= 4 is 11.5 Å². The van der Waals surface area contributed by atoms with Crippen LogP contribution in [0.5, 0.6) is 0 Å². The number of nitrogens with zero attached hydrogens (tertiary/aromatic N) is 1. The number of alkyl halides is 3. The lowest BCUT2D eigenvalue weighted by Crippen LogP contribution is -2.29. The predicted octanol–water partition coefficient (Wildman–Crippen LogP) is 4.92. The lowest BCUT2D eigenvalue weighted by molar-refractivity contribution is -0.183. The molecule has 0 unspecified atom stereocenters. The number of hydrogen-bond donors (Lipinski definition) is 2. The molecule has 1 fully saturated rings. The van der Waals surface area contributed by atoms with E-state index in [-0.39, 0.29) is 36.7 Å². The van der Waals surface area contributed by atoms with Gasteiger partial charge in [-0.1, -0.05) is 5.16 Å². The molecule has 0 bridgehead atoms. The van der Waals surface area contributed by atoms with Gasteiger partial charge in [0.1, 0.15) is 5.84 Å². The Morgan fingerprint density at radius 3 is 2.30 bits per heavy atom. The molecule has 1 aromatic rings. The fourth-order valence-electron chi connectivity index (χ4n) is 2.82. The van der Waals surface area contributed by atoms with Crippen LogP contribution < -0.4 is 5.32 Å². The minimum absolute atomic E-state index is 0.0442. The molecule has 0 atom stereocenters. The van der Waals surface area contributed by atoms with E-state index in [1.807, 2.05) is 0 Å². The Balaban J connectivity index is 1.90. The van der Waals surface area contributed by atoms with Crippen molar-refractivity contribution in [2.75, 3.05) is 5.32 Å². The first-order chi connectivity index (χ1) is 10.8. The van der Waals surface area contributed by atoms with Gasteiger partial charge in [-0.3, -0.25) is 0 Å². The molecule has 0 heterocycles. The molecule has 2 N–H and O–H groups in total. The van der Waals surface area contributed by atoms with E-state index in [2.05, 4.69) is 10.5 Å². The SMILES string of the molecule is O/N=C(/CC1CCC(C(F)(F)F)CC1)Nc1ccc(F)c(F)c1. The van der Waals surface area contributed by atoms with E-state index in [0.717, 1.165) is 12.1 Å². The number of anilines is 1. The van der Waals surface area contributed by atoms with Gasteiger partial charge in [0.25, 0.3) is 0 Å². The smallest absolute Gasteiger partial charge is 0.391 e. The topological polar surface area (TPSA) is 44.6 Å². The Kier molecular flexibility index (Phi) is 5.43. The third kappa shape index (κ3) is 4.80. The maximum absolute atomic E-state index is 13.1. The molecule has 1 aromatic carbocycles. The van der Waals surface area contributed by atoms with E-state index < -0.39 is 23.7 Å². The van der Waals surface area contributed by atoms with Crippen molar-refractivity contribution in [2.45, 2.75) is 38.3 Å². The van der Waals surface area contributed by atoms with E-state index >= 15 is 0 Å². The second-order valence-corrected chi connectivity index (χ2v) is 5.76. The van der Waals surface area contributed by atoms with Gasteiger partial charge in [0.2, 0.25) is 0 Å². The van der Waals surface area contributed by atoms with Gasteiger partial charge in [0.15, 0.2) is 11.6 Å². The third-order valence-electron chi connectivity index (χ3n) is 4.12. The molecule has 0 saturated heterocycles. The quantitative estimate of drug-likeness (QED) is 0.270. The Morgan fingerprint density at radius 2 is 1.78 bits per heavy atom. The Morgan fingerprint density at radius 1 is 1.13 bits per heavy atom. The molecule has 128 valence electrons. The number of amidine groups is 1. The van der Waals surface area contributed by atoms with Gasteiger partial charge in [-0.05, 0) is 43.7 Å². The second kappa shape index (κ2) is 7.14. The average molecular weight is 336 g/mol. The molecule has 0 aromatic heterocycles. The van der Waals surface area contributed by atoms with Gasteiger partial charge >= 0.3 is 6.18 Å². The van der Waals surface area contributed by atoms with Crippen LogP contribution in [0.2, 0.25) is 0 Å². The van der Waals surface area contributed by atoms with E-state index in [1.165, 1.54) is 6.07 Å². The highest BCUT2D eigenvalue weighted by Crippen LogP contribution is 2.40. The van der Waals surface area contributed by atoms with E-state index in [1.54, 1.807) is 0 Å². The van der Waals surface area contributed by atoms with Crippen molar-refractivity contribution < 1.29 is 27.2 Å². The van der Waals surface area contributed by atoms with E-state index in [4.69, 9.17) is 5.21 Å². The fourth-order valence-corrected chi connectivity index (χ4v) is 2.82. The summed E-state index contributed by atoms with van der Waals surface area (Å²) in [5, 5.41) is 14.7. The maximum Gasteiger partial charge on any atom is 0.391 e. The van der Waals surface area contributed by atoms with Gasteiger partial charge in [-0.2, -0.15) is 13.2 Å². The van der Waals surface area contributed by atoms with Gasteiger partial charge in [0, 0.05) is 18.2 Å². The number of oxime groups is 1. The van der Waals surface area contributed by atoms with Crippen LogP contribution in [-0.4, -0.2) is 17.2 Å². The maximum atomic E-state index is 13.1. The summed E-state index contributed by atoms with van der Waals surface area (Å²) < 4.78 is 63.8. The number of hydrogen-bond acceptors (Lipinski definition) is 2. The monoisotopic (exact) mass is 336 g/mol. The van der Waals surface area contributed by atoms with Crippen LogP contribution in [0.3, 0.4) is 0 Å². The first-order valence-corrected chi connectivity index (χ1v) is 7.29. The first-order valence-electron chi connectivity index (χ1n) is 7.29. The summed E-state index contributed by atoms with van der Waals surface area (Å²) in [6.07, 6.45) is -3.05. The van der Waals surface area contributed by atoms with Crippen molar-refractivity contribution in [2.24, 2.45) is 17.0 Å². The van der Waals surface area contributed by atoms with Gasteiger partial charge < -0.3 is 10.5 Å². The molecule has 1 saturated carbocycles. The third-order valence-corrected chi connectivity index (χ3v) is 4.12. The van der Waals surface area contributed by atoms with Crippen LogP contribution in [0.4, 0.5) is 27.6 Å². The zero-order chi connectivity index (χ0) is 17.0. The second-order valence-electron chi connectivity index (χ2n) is 5.76. The Hall–Kier alpha value is -1.86. The van der Waals surface area contributed by atoms with Crippen molar-refractivity contribution in [3.63, 3.8) is 0 Å². The molecule has 2 rings (SSSR count). The average Bonchev–Trinajstić information content (AvgIpc) is 2.50. The summed E-state index contributed by atoms with van der Waals surface area (Å²) in [6.45, 7) is 0. The molecule has 0 amide bonds. The number of nitrogens with one attached hydrogen (secondary N) is 1. The minimum Gasteiger partial charge on any atom is -0.409 e. The van der Waals surface area contributed by atoms with Crippen LogP contribution in [-0.2, 0) is 0 Å². The van der Waals surface area contributed by atoms with Crippen LogP contribution in [0, 0.1) is 23.5 Å². The fraction of sp³-hybridized carbons (Fsp3) is 0.533. The molecular formula is C15H17F5N2O. The van der Waals surface area contributed by atoms with Crippen molar-refractivity contribution in [3.05, 3.63) is 29.8 Å². The number of benzene rings is 1. The first kappa shape index (κ1) is 17.5. The van der Waals surface area contributed by atoms with Crippen LogP contribution in [0.15, 0.2) is 23.4 Å². The van der Waals surface area contributed by atoms with E-state index in [0.29, 0.717) is 12.8 Å². The zero-order valence-corrected chi connectivity index (χ0v) is 12.2.